The van der Waals surface area contributed by atoms with Crippen molar-refractivity contribution in [1.82, 2.24) is 0 Å². The predicted octanol–water partition coefficient (Wildman–Crippen LogP) is 0.868. The summed E-state index contributed by atoms with van der Waals surface area (Å²) in [5.74, 6) is 0. The molecule has 0 amide bonds. The van der Waals surface area contributed by atoms with Gasteiger partial charge in [-0.25, -0.2) is 0 Å². The first-order chi connectivity index (χ1) is 3.93. The smallest absolute Gasteiger partial charge is 0.133 e. The number of hydrogen-bond acceptors (Lipinski definition) is 1. The molecular formula is C5H6IN2+. The molecule has 42 valence electrons. The molecule has 0 bridgehead atoms. The molecule has 8 heavy (non-hydrogen) atoms. The fourth-order valence-corrected chi connectivity index (χ4v) is 0.777. The van der Waals surface area contributed by atoms with E-state index in [2.05, 4.69) is 26.5 Å². The highest BCUT2D eigenvalue weighted by molar-refractivity contribution is 14.1. The summed E-state index contributed by atoms with van der Waals surface area (Å²) in [6, 6.07) is 5.90. The number of aromatic nitrogens is 1. The monoisotopic (exact) mass is 221 g/mol. The van der Waals surface area contributed by atoms with E-state index in [0.29, 0.717) is 0 Å². The van der Waals surface area contributed by atoms with Crippen molar-refractivity contribution in [2.45, 2.75) is 0 Å². The molecule has 0 spiro atoms. The van der Waals surface area contributed by atoms with E-state index in [9.17, 15) is 0 Å². The van der Waals surface area contributed by atoms with Gasteiger partial charge in [-0.3, -0.25) is 0 Å². The van der Waals surface area contributed by atoms with Crippen LogP contribution in [0.4, 0.5) is 0 Å². The summed E-state index contributed by atoms with van der Waals surface area (Å²) in [5, 5.41) is 0. The Kier molecular flexibility index (Phi) is 2.08. The van der Waals surface area contributed by atoms with Crippen LogP contribution in [0, 0.1) is 0 Å². The topological polar surface area (TPSA) is 15.9 Å². The van der Waals surface area contributed by atoms with Crippen LogP contribution < -0.4 is 8.32 Å². The van der Waals surface area contributed by atoms with Gasteiger partial charge in [-0.05, 0) is 0 Å². The largest absolute Gasteiger partial charge is 0.200 e. The van der Waals surface area contributed by atoms with Gasteiger partial charge in [0.2, 0.25) is 0 Å². The molecule has 2 nitrogen and oxygen atoms in total. The minimum atomic E-state index is 1.86. The number of halogens is 1. The van der Waals surface area contributed by atoms with Gasteiger partial charge in [0.05, 0.1) is 0 Å². The van der Waals surface area contributed by atoms with Crippen LogP contribution in [0.2, 0.25) is 0 Å². The van der Waals surface area contributed by atoms with Gasteiger partial charge in [-0.2, -0.15) is 0 Å². The van der Waals surface area contributed by atoms with Crippen LogP contribution in [0.25, 0.3) is 0 Å². The van der Waals surface area contributed by atoms with Gasteiger partial charge >= 0.3 is 0 Å². The third-order valence-corrected chi connectivity index (χ3v) is 1.37. The molecule has 1 rings (SSSR count). The quantitative estimate of drug-likeness (QED) is 0.422. The van der Waals surface area contributed by atoms with Crippen LogP contribution in [0.15, 0.2) is 30.6 Å². The standard InChI is InChI=1S/C5H6IN2/c6-7-8-4-2-1-3-5-8/h1-5,7H/q+1. The molecule has 0 saturated carbocycles. The number of rotatable bonds is 1. The normalized spacial score (nSPS) is 8.62. The zero-order valence-electron chi connectivity index (χ0n) is 4.21. The predicted molar refractivity (Wildman–Crippen MR) is 40.0 cm³/mol. The fourth-order valence-electron chi connectivity index (χ4n) is 0.455. The second-order valence-electron chi connectivity index (χ2n) is 1.37. The minimum absolute atomic E-state index is 1.86. The Morgan fingerprint density at radius 1 is 1.12 bits per heavy atom. The maximum Gasteiger partial charge on any atom is 0.200 e. The fraction of sp³-hybridized carbons (Fsp3) is 0. The Balaban J connectivity index is 2.83. The van der Waals surface area contributed by atoms with E-state index in [0.717, 1.165) is 0 Å². The third kappa shape index (κ3) is 1.33. The van der Waals surface area contributed by atoms with Crippen LogP contribution in [-0.4, -0.2) is 0 Å². The number of nitrogens with one attached hydrogen (secondary N) is 1. The van der Waals surface area contributed by atoms with E-state index in [1.54, 1.807) is 0 Å². The molecule has 0 fully saturated rings. The van der Waals surface area contributed by atoms with Crippen molar-refractivity contribution in [1.29, 1.82) is 0 Å². The summed E-state index contributed by atoms with van der Waals surface area (Å²) in [6.07, 6.45) is 3.87. The molecule has 0 aromatic carbocycles. The van der Waals surface area contributed by atoms with E-state index in [1.165, 1.54) is 0 Å². The Hall–Kier alpha value is -0.320. The van der Waals surface area contributed by atoms with Gasteiger partial charge in [0.15, 0.2) is 12.4 Å². The number of nitrogens with zero attached hydrogens (tertiary/aromatic N) is 1. The molecule has 0 aliphatic carbocycles. The summed E-state index contributed by atoms with van der Waals surface area (Å²) in [6.45, 7) is 0. The molecule has 1 N–H and O–H groups in total. The lowest BCUT2D eigenvalue weighted by Gasteiger charge is -1.84. The van der Waals surface area contributed by atoms with Crippen LogP contribution in [0.1, 0.15) is 0 Å². The molecule has 1 aromatic rings. The van der Waals surface area contributed by atoms with E-state index in [1.807, 2.05) is 35.3 Å². The molecule has 3 heteroatoms. The first-order valence-corrected chi connectivity index (χ1v) is 3.34. The van der Waals surface area contributed by atoms with Gasteiger partial charge < -0.3 is 0 Å². The average molecular weight is 221 g/mol. The highest BCUT2D eigenvalue weighted by atomic mass is 127. The highest BCUT2D eigenvalue weighted by Crippen LogP contribution is 1.75. The second kappa shape index (κ2) is 2.86. The molecule has 0 aliphatic rings. The van der Waals surface area contributed by atoms with E-state index >= 15 is 0 Å². The summed E-state index contributed by atoms with van der Waals surface area (Å²) in [5.41, 5.74) is 0. The van der Waals surface area contributed by atoms with Crippen molar-refractivity contribution in [3.8, 4) is 0 Å². The lowest BCUT2D eigenvalue weighted by molar-refractivity contribution is -0.631. The van der Waals surface area contributed by atoms with Crippen molar-refractivity contribution in [2.75, 3.05) is 3.64 Å². The van der Waals surface area contributed by atoms with Gasteiger partial charge in [0.1, 0.15) is 22.9 Å². The molecular weight excluding hydrogens is 215 g/mol. The molecule has 0 radical (unpaired) electrons. The molecule has 0 atom stereocenters. The molecule has 1 aromatic heterocycles. The third-order valence-electron chi connectivity index (χ3n) is 0.813. The summed E-state index contributed by atoms with van der Waals surface area (Å²) >= 11 is 2.07. The summed E-state index contributed by atoms with van der Waals surface area (Å²) in [4.78, 5) is 0. The van der Waals surface area contributed by atoms with Gasteiger partial charge in [0.25, 0.3) is 0 Å². The highest BCUT2D eigenvalue weighted by Gasteiger charge is 1.86. The second-order valence-corrected chi connectivity index (χ2v) is 1.85. The van der Waals surface area contributed by atoms with Crippen LogP contribution >= 0.6 is 22.9 Å². The van der Waals surface area contributed by atoms with Crippen LogP contribution in [0.3, 0.4) is 0 Å². The Labute approximate surface area is 62.0 Å². The van der Waals surface area contributed by atoms with Crippen molar-refractivity contribution in [3.63, 3.8) is 0 Å². The lowest BCUT2D eigenvalue weighted by atomic mass is 10.5. The maximum atomic E-state index is 2.91. The Bertz CT molecular complexity index is 152. The van der Waals surface area contributed by atoms with Gasteiger partial charge in [0, 0.05) is 12.1 Å². The SMILES string of the molecule is IN[n+]1ccccc1. The van der Waals surface area contributed by atoms with E-state index in [4.69, 9.17) is 0 Å². The molecule has 0 unspecified atom stereocenters. The van der Waals surface area contributed by atoms with E-state index in [-0.39, 0.29) is 0 Å². The zero-order chi connectivity index (χ0) is 5.82. The molecule has 1 heterocycles. The van der Waals surface area contributed by atoms with Crippen LogP contribution in [0.5, 0.6) is 0 Å². The number of hydrogen-bond donors (Lipinski definition) is 1. The van der Waals surface area contributed by atoms with Crippen molar-refractivity contribution in [3.05, 3.63) is 30.6 Å². The van der Waals surface area contributed by atoms with Crippen molar-refractivity contribution in [2.24, 2.45) is 0 Å². The van der Waals surface area contributed by atoms with Crippen molar-refractivity contribution >= 4 is 22.9 Å². The first-order valence-electron chi connectivity index (χ1n) is 2.26. The van der Waals surface area contributed by atoms with Crippen molar-refractivity contribution < 1.29 is 4.68 Å². The number of pyridine rings is 1. The maximum absolute atomic E-state index is 2.91. The summed E-state index contributed by atoms with van der Waals surface area (Å²) in [7, 11) is 0. The van der Waals surface area contributed by atoms with Gasteiger partial charge in [-0.1, -0.05) is 10.7 Å². The zero-order valence-corrected chi connectivity index (χ0v) is 6.37. The lowest BCUT2D eigenvalue weighted by Crippen LogP contribution is -2.37. The molecule has 0 saturated heterocycles. The summed E-state index contributed by atoms with van der Waals surface area (Å²) < 4.78 is 4.78. The Morgan fingerprint density at radius 2 is 1.75 bits per heavy atom. The Morgan fingerprint density at radius 3 is 2.12 bits per heavy atom. The minimum Gasteiger partial charge on any atom is -0.133 e. The van der Waals surface area contributed by atoms with Crippen LogP contribution in [-0.2, 0) is 0 Å². The first kappa shape index (κ1) is 5.81. The average Bonchev–Trinajstić information content (AvgIpc) is 1.90. The van der Waals surface area contributed by atoms with Gasteiger partial charge in [-0.15, -0.1) is 3.64 Å². The van der Waals surface area contributed by atoms with E-state index < -0.39 is 0 Å². The molecule has 0 aliphatic heterocycles.